The summed E-state index contributed by atoms with van der Waals surface area (Å²) in [6.45, 7) is 3.94. The Kier molecular flexibility index (Phi) is 6.72. The van der Waals surface area contributed by atoms with Crippen LogP contribution in [0.2, 0.25) is 0 Å². The van der Waals surface area contributed by atoms with Crippen molar-refractivity contribution >= 4 is 28.3 Å². The SMILES string of the molecule is CC(=O)NCCCc1ccc(-c2csc(NC(=O)c3cc(F)ccc3C)n2)cc1. The van der Waals surface area contributed by atoms with Crippen LogP contribution in [-0.2, 0) is 11.2 Å². The largest absolute Gasteiger partial charge is 0.356 e. The Labute approximate surface area is 173 Å². The highest BCUT2D eigenvalue weighted by atomic mass is 32.1. The highest BCUT2D eigenvalue weighted by Gasteiger charge is 2.13. The van der Waals surface area contributed by atoms with Gasteiger partial charge in [0.1, 0.15) is 5.82 Å². The van der Waals surface area contributed by atoms with Gasteiger partial charge < -0.3 is 5.32 Å². The lowest BCUT2D eigenvalue weighted by molar-refractivity contribution is -0.118. The molecule has 0 saturated heterocycles. The fourth-order valence-corrected chi connectivity index (χ4v) is 3.58. The van der Waals surface area contributed by atoms with E-state index in [4.69, 9.17) is 0 Å². The Morgan fingerprint density at radius 2 is 1.90 bits per heavy atom. The number of aryl methyl sites for hydroxylation is 2. The van der Waals surface area contributed by atoms with Crippen molar-refractivity contribution in [3.05, 3.63) is 70.4 Å². The molecule has 0 unspecified atom stereocenters. The van der Waals surface area contributed by atoms with E-state index in [2.05, 4.69) is 15.6 Å². The van der Waals surface area contributed by atoms with Crippen LogP contribution >= 0.6 is 11.3 Å². The molecule has 0 aliphatic carbocycles. The molecular weight excluding hydrogens is 389 g/mol. The van der Waals surface area contributed by atoms with Gasteiger partial charge >= 0.3 is 0 Å². The number of hydrogen-bond acceptors (Lipinski definition) is 4. The number of thiazole rings is 1. The minimum absolute atomic E-state index is 0.0145. The second-order valence-electron chi connectivity index (χ2n) is 6.73. The minimum atomic E-state index is -0.447. The average Bonchev–Trinajstić information content (AvgIpc) is 3.16. The predicted octanol–water partition coefficient (Wildman–Crippen LogP) is 4.58. The Morgan fingerprint density at radius 1 is 1.14 bits per heavy atom. The summed E-state index contributed by atoms with van der Waals surface area (Å²) in [4.78, 5) is 27.8. The third-order valence-corrected chi connectivity index (χ3v) is 5.19. The summed E-state index contributed by atoms with van der Waals surface area (Å²) in [6.07, 6.45) is 1.76. The normalized spacial score (nSPS) is 10.6. The van der Waals surface area contributed by atoms with Crippen LogP contribution in [0.3, 0.4) is 0 Å². The lowest BCUT2D eigenvalue weighted by atomic mass is 10.1. The molecule has 3 aromatic rings. The summed E-state index contributed by atoms with van der Waals surface area (Å²) in [5, 5.41) is 7.87. The zero-order valence-electron chi connectivity index (χ0n) is 16.3. The molecule has 0 atom stereocenters. The summed E-state index contributed by atoms with van der Waals surface area (Å²) in [7, 11) is 0. The molecule has 7 heteroatoms. The Balaban J connectivity index is 1.61. The Morgan fingerprint density at radius 3 is 2.62 bits per heavy atom. The van der Waals surface area contributed by atoms with Crippen molar-refractivity contribution < 1.29 is 14.0 Å². The van der Waals surface area contributed by atoms with Gasteiger partial charge in [-0.05, 0) is 43.0 Å². The van der Waals surface area contributed by atoms with Crippen LogP contribution in [0.4, 0.5) is 9.52 Å². The third-order valence-electron chi connectivity index (χ3n) is 4.43. The van der Waals surface area contributed by atoms with Gasteiger partial charge in [-0.15, -0.1) is 11.3 Å². The van der Waals surface area contributed by atoms with Crippen LogP contribution in [0.15, 0.2) is 47.8 Å². The number of amides is 2. The third kappa shape index (κ3) is 5.71. The van der Waals surface area contributed by atoms with E-state index in [1.165, 1.54) is 36.0 Å². The van der Waals surface area contributed by atoms with Crippen LogP contribution in [-0.4, -0.2) is 23.3 Å². The monoisotopic (exact) mass is 411 g/mol. The van der Waals surface area contributed by atoms with Crippen molar-refractivity contribution in [2.75, 3.05) is 11.9 Å². The smallest absolute Gasteiger partial charge is 0.257 e. The molecule has 150 valence electrons. The first-order chi connectivity index (χ1) is 13.9. The van der Waals surface area contributed by atoms with Crippen molar-refractivity contribution in [1.82, 2.24) is 10.3 Å². The highest BCUT2D eigenvalue weighted by Crippen LogP contribution is 2.26. The molecule has 3 rings (SSSR count). The number of carbonyl (C=O) groups excluding carboxylic acids is 2. The van der Waals surface area contributed by atoms with Gasteiger partial charge in [-0.2, -0.15) is 0 Å². The van der Waals surface area contributed by atoms with Gasteiger partial charge in [-0.3, -0.25) is 14.9 Å². The number of rotatable bonds is 7. The van der Waals surface area contributed by atoms with Gasteiger partial charge in [0.25, 0.3) is 5.91 Å². The van der Waals surface area contributed by atoms with Crippen molar-refractivity contribution in [3.8, 4) is 11.3 Å². The number of benzene rings is 2. The van der Waals surface area contributed by atoms with Gasteiger partial charge in [0.15, 0.2) is 5.13 Å². The molecule has 0 radical (unpaired) electrons. The van der Waals surface area contributed by atoms with E-state index < -0.39 is 5.82 Å². The number of anilines is 1. The fraction of sp³-hybridized carbons (Fsp3) is 0.227. The molecule has 0 spiro atoms. The molecular formula is C22H22FN3O2S. The quantitative estimate of drug-likeness (QED) is 0.559. The number of nitrogens with zero attached hydrogens (tertiary/aromatic N) is 1. The molecule has 0 aliphatic heterocycles. The second-order valence-corrected chi connectivity index (χ2v) is 7.59. The number of carbonyl (C=O) groups is 2. The molecule has 29 heavy (non-hydrogen) atoms. The molecule has 5 nitrogen and oxygen atoms in total. The van der Waals surface area contributed by atoms with Crippen molar-refractivity contribution in [2.45, 2.75) is 26.7 Å². The van der Waals surface area contributed by atoms with Gasteiger partial charge in [0.2, 0.25) is 5.91 Å². The van der Waals surface area contributed by atoms with Crippen LogP contribution in [0.25, 0.3) is 11.3 Å². The number of hydrogen-bond donors (Lipinski definition) is 2. The first kappa shape index (κ1) is 20.7. The van der Waals surface area contributed by atoms with E-state index in [0.717, 1.165) is 24.1 Å². The molecule has 2 N–H and O–H groups in total. The minimum Gasteiger partial charge on any atom is -0.356 e. The van der Waals surface area contributed by atoms with E-state index in [1.54, 1.807) is 13.0 Å². The molecule has 2 aromatic carbocycles. The molecule has 2 amide bonds. The standard InChI is InChI=1S/C22H22FN3O2S/c1-14-5-10-18(23)12-19(14)21(28)26-22-25-20(13-29-22)17-8-6-16(7-9-17)4-3-11-24-15(2)27/h5-10,12-13H,3-4,11H2,1-2H3,(H,24,27)(H,25,26,28). The maximum absolute atomic E-state index is 13.4. The maximum Gasteiger partial charge on any atom is 0.257 e. The number of halogens is 1. The maximum atomic E-state index is 13.4. The van der Waals surface area contributed by atoms with Crippen LogP contribution in [0.5, 0.6) is 0 Å². The first-order valence-electron chi connectivity index (χ1n) is 9.29. The zero-order chi connectivity index (χ0) is 20.8. The molecule has 1 aromatic heterocycles. The van der Waals surface area contributed by atoms with E-state index in [-0.39, 0.29) is 11.8 Å². The highest BCUT2D eigenvalue weighted by molar-refractivity contribution is 7.14. The average molecular weight is 412 g/mol. The first-order valence-corrected chi connectivity index (χ1v) is 10.2. The predicted molar refractivity (Wildman–Crippen MR) is 114 cm³/mol. The molecule has 1 heterocycles. The second kappa shape index (κ2) is 9.43. The topological polar surface area (TPSA) is 71.1 Å². The van der Waals surface area contributed by atoms with Gasteiger partial charge in [0, 0.05) is 30.0 Å². The Hall–Kier alpha value is -3.06. The van der Waals surface area contributed by atoms with Crippen LogP contribution in [0.1, 0.15) is 34.8 Å². The van der Waals surface area contributed by atoms with Gasteiger partial charge in [0.05, 0.1) is 5.69 Å². The Bertz CT molecular complexity index is 1020. The van der Waals surface area contributed by atoms with Crippen molar-refractivity contribution in [1.29, 1.82) is 0 Å². The van der Waals surface area contributed by atoms with Crippen molar-refractivity contribution in [2.24, 2.45) is 0 Å². The summed E-state index contributed by atoms with van der Waals surface area (Å²) >= 11 is 1.32. The van der Waals surface area contributed by atoms with Gasteiger partial charge in [-0.25, -0.2) is 9.37 Å². The zero-order valence-corrected chi connectivity index (χ0v) is 17.1. The van der Waals surface area contributed by atoms with Gasteiger partial charge in [-0.1, -0.05) is 30.3 Å². The van der Waals surface area contributed by atoms with E-state index in [1.807, 2.05) is 29.6 Å². The summed E-state index contributed by atoms with van der Waals surface area (Å²) < 4.78 is 13.4. The van der Waals surface area contributed by atoms with E-state index in [9.17, 15) is 14.0 Å². The van der Waals surface area contributed by atoms with Crippen molar-refractivity contribution in [3.63, 3.8) is 0 Å². The molecule has 0 saturated carbocycles. The summed E-state index contributed by atoms with van der Waals surface area (Å²) in [5.74, 6) is -0.838. The summed E-state index contributed by atoms with van der Waals surface area (Å²) in [5.41, 5.74) is 3.91. The lowest BCUT2D eigenvalue weighted by Gasteiger charge is -2.05. The summed E-state index contributed by atoms with van der Waals surface area (Å²) in [6, 6.07) is 12.2. The molecule has 0 bridgehead atoms. The molecule has 0 aliphatic rings. The van der Waals surface area contributed by atoms with E-state index in [0.29, 0.717) is 22.8 Å². The lowest BCUT2D eigenvalue weighted by Crippen LogP contribution is -2.21. The van der Waals surface area contributed by atoms with E-state index >= 15 is 0 Å². The van der Waals surface area contributed by atoms with Crippen LogP contribution < -0.4 is 10.6 Å². The fourth-order valence-electron chi connectivity index (χ4n) is 2.87. The molecule has 0 fully saturated rings. The number of aromatic nitrogens is 1. The van der Waals surface area contributed by atoms with Crippen LogP contribution in [0, 0.1) is 12.7 Å². The number of nitrogens with one attached hydrogen (secondary N) is 2.